The fraction of sp³-hybridized carbons (Fsp3) is 0.829. The first-order valence-electron chi connectivity index (χ1n) is 17.0. The van der Waals surface area contributed by atoms with E-state index in [2.05, 4.69) is 19.1 Å². The fourth-order valence-corrected chi connectivity index (χ4v) is 4.48. The van der Waals surface area contributed by atoms with Gasteiger partial charge in [-0.15, -0.1) is 0 Å². The number of hydrogen-bond acceptors (Lipinski definition) is 7. The first kappa shape index (κ1) is 39.0. The predicted molar refractivity (Wildman–Crippen MR) is 171 cm³/mol. The average molecular weight is 597 g/mol. The van der Waals surface area contributed by atoms with Crippen molar-refractivity contribution in [1.82, 2.24) is 0 Å². The lowest BCUT2D eigenvalue weighted by atomic mass is 10.0. The molecule has 0 aliphatic rings. The zero-order chi connectivity index (χ0) is 29.9. The molecule has 7 heteroatoms. The highest BCUT2D eigenvalue weighted by atomic mass is 16.6. The summed E-state index contributed by atoms with van der Waals surface area (Å²) < 4.78 is 38.9. The van der Waals surface area contributed by atoms with Crippen molar-refractivity contribution in [3.63, 3.8) is 0 Å². The van der Waals surface area contributed by atoms with Gasteiger partial charge in [0.1, 0.15) is 0 Å². The summed E-state index contributed by atoms with van der Waals surface area (Å²) in [6.07, 6.45) is 19.3. The highest BCUT2D eigenvalue weighted by molar-refractivity contribution is 5.13. The van der Waals surface area contributed by atoms with Crippen molar-refractivity contribution in [2.45, 2.75) is 103 Å². The van der Waals surface area contributed by atoms with Crippen LogP contribution in [0.15, 0.2) is 30.3 Å². The molecule has 0 N–H and O–H groups in total. The van der Waals surface area contributed by atoms with Gasteiger partial charge in [0.2, 0.25) is 0 Å². The summed E-state index contributed by atoms with van der Waals surface area (Å²) in [5.41, 5.74) is 1.17. The van der Waals surface area contributed by atoms with Gasteiger partial charge in [-0.1, -0.05) is 121 Å². The van der Waals surface area contributed by atoms with Crippen molar-refractivity contribution in [2.75, 3.05) is 85.9 Å². The molecule has 1 aromatic carbocycles. The number of unbranched alkanes of at least 4 members (excludes halogenated alkanes) is 13. The monoisotopic (exact) mass is 596 g/mol. The molecule has 7 nitrogen and oxygen atoms in total. The molecule has 1 aromatic rings. The Hall–Kier alpha value is -1.06. The van der Waals surface area contributed by atoms with E-state index < -0.39 is 0 Å². The van der Waals surface area contributed by atoms with E-state index in [0.29, 0.717) is 85.9 Å². The van der Waals surface area contributed by atoms with Crippen LogP contribution in [0.4, 0.5) is 0 Å². The third kappa shape index (κ3) is 30.4. The van der Waals surface area contributed by atoms with Gasteiger partial charge in [-0.2, -0.15) is 0 Å². The van der Waals surface area contributed by atoms with Gasteiger partial charge < -0.3 is 33.2 Å². The largest absolute Gasteiger partial charge is 0.379 e. The second kappa shape index (κ2) is 34.4. The quantitative estimate of drug-likeness (QED) is 0.0741. The summed E-state index contributed by atoms with van der Waals surface area (Å²) in [6, 6.07) is 10.1. The topological polar surface area (TPSA) is 64.6 Å². The smallest absolute Gasteiger partial charge is 0.0718 e. The number of rotatable bonds is 35. The normalized spacial score (nSPS) is 11.5. The second-order valence-corrected chi connectivity index (χ2v) is 10.8. The van der Waals surface area contributed by atoms with E-state index in [0.717, 1.165) is 13.0 Å². The highest BCUT2D eigenvalue weighted by Crippen LogP contribution is 2.13. The average Bonchev–Trinajstić information content (AvgIpc) is 3.01. The maximum atomic E-state index is 5.67. The molecular formula is C35H64O7. The molecule has 0 atom stereocenters. The van der Waals surface area contributed by atoms with Crippen LogP contribution in [0, 0.1) is 0 Å². The Bertz CT molecular complexity index is 617. The Morgan fingerprint density at radius 2 is 0.643 bits per heavy atom. The second-order valence-electron chi connectivity index (χ2n) is 10.8. The van der Waals surface area contributed by atoms with Crippen molar-refractivity contribution in [1.29, 1.82) is 0 Å². The Morgan fingerprint density at radius 1 is 0.333 bits per heavy atom. The molecule has 0 amide bonds. The van der Waals surface area contributed by atoms with Crippen LogP contribution >= 0.6 is 0 Å². The van der Waals surface area contributed by atoms with E-state index in [9.17, 15) is 0 Å². The van der Waals surface area contributed by atoms with Gasteiger partial charge in [0.15, 0.2) is 0 Å². The summed E-state index contributed by atoms with van der Waals surface area (Å²) in [7, 11) is 0. The van der Waals surface area contributed by atoms with Gasteiger partial charge >= 0.3 is 0 Å². The van der Waals surface area contributed by atoms with Crippen LogP contribution < -0.4 is 0 Å². The molecule has 0 unspecified atom stereocenters. The molecule has 0 aliphatic heterocycles. The van der Waals surface area contributed by atoms with Gasteiger partial charge in [-0.05, 0) is 12.0 Å². The molecule has 0 aliphatic carbocycles. The van der Waals surface area contributed by atoms with Crippen LogP contribution in [0.2, 0.25) is 0 Å². The Kier molecular flexibility index (Phi) is 31.9. The molecule has 1 rings (SSSR count). The zero-order valence-corrected chi connectivity index (χ0v) is 27.0. The molecule has 0 aromatic heterocycles. The predicted octanol–water partition coefficient (Wildman–Crippen LogP) is 7.78. The first-order chi connectivity index (χ1) is 20.9. The van der Waals surface area contributed by atoms with Crippen molar-refractivity contribution in [3.8, 4) is 0 Å². The van der Waals surface area contributed by atoms with Crippen molar-refractivity contribution in [2.24, 2.45) is 0 Å². The SMILES string of the molecule is CCCCCCCCCCCCCCCCOCCOCCOCCOCCOCCOCCOCc1ccccc1. The molecule has 0 spiro atoms. The van der Waals surface area contributed by atoms with Crippen LogP contribution in [-0.2, 0) is 39.8 Å². The van der Waals surface area contributed by atoms with Gasteiger partial charge in [-0.3, -0.25) is 0 Å². The van der Waals surface area contributed by atoms with Crippen LogP contribution in [-0.4, -0.2) is 85.9 Å². The fourth-order valence-electron chi connectivity index (χ4n) is 4.48. The molecule has 0 saturated heterocycles. The standard InChI is InChI=1S/C35H64O7/c1-2-3-4-5-6-7-8-9-10-11-12-13-14-18-21-36-22-23-37-24-25-38-26-27-39-28-29-40-30-31-41-32-33-42-34-35-19-16-15-17-20-35/h15-17,19-20H,2-14,18,21-34H2,1H3. The van der Waals surface area contributed by atoms with Crippen molar-refractivity contribution in [3.05, 3.63) is 35.9 Å². The molecular weight excluding hydrogens is 532 g/mol. The Morgan fingerprint density at radius 3 is 1.02 bits per heavy atom. The van der Waals surface area contributed by atoms with E-state index in [1.165, 1.54) is 89.0 Å². The number of ether oxygens (including phenoxy) is 7. The molecule has 0 bridgehead atoms. The molecule has 42 heavy (non-hydrogen) atoms. The minimum absolute atomic E-state index is 0.552. The lowest BCUT2D eigenvalue weighted by molar-refractivity contribution is -0.0212. The third-order valence-corrected chi connectivity index (χ3v) is 6.99. The van der Waals surface area contributed by atoms with Crippen LogP contribution in [0.1, 0.15) is 102 Å². The van der Waals surface area contributed by atoms with Crippen molar-refractivity contribution >= 4 is 0 Å². The Balaban J connectivity index is 1.61. The summed E-state index contributed by atoms with van der Waals surface area (Å²) in [4.78, 5) is 0. The van der Waals surface area contributed by atoms with Crippen LogP contribution in [0.3, 0.4) is 0 Å². The highest BCUT2D eigenvalue weighted by Gasteiger charge is 1.97. The lowest BCUT2D eigenvalue weighted by Crippen LogP contribution is -2.14. The number of benzene rings is 1. The third-order valence-electron chi connectivity index (χ3n) is 6.99. The van der Waals surface area contributed by atoms with Gasteiger partial charge in [-0.25, -0.2) is 0 Å². The maximum absolute atomic E-state index is 5.67. The molecule has 246 valence electrons. The van der Waals surface area contributed by atoms with Crippen LogP contribution in [0.25, 0.3) is 0 Å². The number of hydrogen-bond donors (Lipinski definition) is 0. The van der Waals surface area contributed by atoms with E-state index >= 15 is 0 Å². The first-order valence-corrected chi connectivity index (χ1v) is 17.0. The Labute approximate surface area is 258 Å². The van der Waals surface area contributed by atoms with E-state index in [-0.39, 0.29) is 0 Å². The minimum atomic E-state index is 0.552. The lowest BCUT2D eigenvalue weighted by Gasteiger charge is -2.08. The van der Waals surface area contributed by atoms with Gasteiger partial charge in [0.05, 0.1) is 85.9 Å². The van der Waals surface area contributed by atoms with E-state index in [4.69, 9.17) is 33.2 Å². The maximum Gasteiger partial charge on any atom is 0.0718 e. The zero-order valence-electron chi connectivity index (χ0n) is 27.0. The summed E-state index contributed by atoms with van der Waals surface area (Å²) in [6.45, 7) is 10.7. The van der Waals surface area contributed by atoms with Gasteiger partial charge in [0, 0.05) is 6.61 Å². The summed E-state index contributed by atoms with van der Waals surface area (Å²) in [5.74, 6) is 0. The summed E-state index contributed by atoms with van der Waals surface area (Å²) >= 11 is 0. The van der Waals surface area contributed by atoms with Crippen molar-refractivity contribution < 1.29 is 33.2 Å². The molecule has 0 fully saturated rings. The van der Waals surface area contributed by atoms with E-state index in [1.54, 1.807) is 0 Å². The van der Waals surface area contributed by atoms with Crippen LogP contribution in [0.5, 0.6) is 0 Å². The molecule has 0 heterocycles. The summed E-state index contributed by atoms with van der Waals surface area (Å²) in [5, 5.41) is 0. The molecule has 0 radical (unpaired) electrons. The minimum Gasteiger partial charge on any atom is -0.379 e. The molecule has 0 saturated carbocycles. The van der Waals surface area contributed by atoms with E-state index in [1.807, 2.05) is 18.2 Å². The van der Waals surface area contributed by atoms with Gasteiger partial charge in [0.25, 0.3) is 0 Å².